The van der Waals surface area contributed by atoms with Gasteiger partial charge in [-0.2, -0.15) is 8.42 Å². The monoisotopic (exact) mass is 422 g/mol. The number of halogens is 1. The van der Waals surface area contributed by atoms with E-state index in [1.165, 1.54) is 0 Å². The Hall–Kier alpha value is -2.49. The van der Waals surface area contributed by atoms with Crippen LogP contribution in [0, 0.1) is 13.8 Å². The molecule has 0 spiro atoms. The Kier molecular flexibility index (Phi) is 5.45. The predicted octanol–water partition coefficient (Wildman–Crippen LogP) is 3.86. The van der Waals surface area contributed by atoms with Crippen molar-refractivity contribution in [3.63, 3.8) is 0 Å². The van der Waals surface area contributed by atoms with Crippen LogP contribution in [0.4, 0.5) is 10.8 Å². The number of sulfonamides is 1. The smallest absolute Gasteiger partial charge is 0.291 e. The summed E-state index contributed by atoms with van der Waals surface area (Å²) in [7, 11) is -3.91. The molecular weight excluding hydrogens is 408 g/mol. The van der Waals surface area contributed by atoms with Crippen molar-refractivity contribution in [2.24, 2.45) is 0 Å². The normalized spacial score (nSPS) is 11.2. The van der Waals surface area contributed by atoms with Crippen molar-refractivity contribution >= 4 is 49.7 Å². The molecule has 1 amide bonds. The minimum atomic E-state index is -3.91. The van der Waals surface area contributed by atoms with Crippen LogP contribution in [-0.4, -0.2) is 24.5 Å². The van der Waals surface area contributed by atoms with Crippen molar-refractivity contribution in [1.82, 2.24) is 10.2 Å². The van der Waals surface area contributed by atoms with Crippen LogP contribution in [0.3, 0.4) is 0 Å². The van der Waals surface area contributed by atoms with Gasteiger partial charge in [0.2, 0.25) is 5.13 Å². The number of anilines is 2. The first kappa shape index (κ1) is 19.3. The van der Waals surface area contributed by atoms with E-state index in [-0.39, 0.29) is 20.1 Å². The summed E-state index contributed by atoms with van der Waals surface area (Å²) < 4.78 is 27.2. The lowest BCUT2D eigenvalue weighted by molar-refractivity contribution is 0.102. The molecule has 2 aromatic carbocycles. The number of aromatic nitrogens is 2. The number of hydrogen-bond acceptors (Lipinski definition) is 6. The zero-order valence-electron chi connectivity index (χ0n) is 14.4. The van der Waals surface area contributed by atoms with Gasteiger partial charge in [-0.25, -0.2) is 0 Å². The van der Waals surface area contributed by atoms with E-state index in [2.05, 4.69) is 20.2 Å². The molecule has 3 rings (SSSR count). The average molecular weight is 423 g/mol. The van der Waals surface area contributed by atoms with Gasteiger partial charge in [-0.05, 0) is 49.2 Å². The summed E-state index contributed by atoms with van der Waals surface area (Å²) in [5.41, 5.74) is 2.69. The van der Waals surface area contributed by atoms with Gasteiger partial charge < -0.3 is 0 Å². The summed E-state index contributed by atoms with van der Waals surface area (Å²) in [5.74, 6) is -0.497. The van der Waals surface area contributed by atoms with Crippen LogP contribution in [0.1, 0.15) is 21.5 Å². The summed E-state index contributed by atoms with van der Waals surface area (Å²) in [5, 5.41) is 10.2. The molecule has 1 heterocycles. The SMILES string of the molecule is Cc1ccc(NS(=O)(=O)c2nnc(NC(=O)c3ccccc3Cl)s2)cc1C. The standard InChI is InChI=1S/C17H15ClN4O3S2/c1-10-7-8-12(9-11(10)2)22-27(24,25)17-21-20-16(26-17)19-15(23)13-5-3-4-6-14(13)18/h3-9,22H,1-2H3,(H,19,20,23). The summed E-state index contributed by atoms with van der Waals surface area (Å²) in [4.78, 5) is 12.2. The van der Waals surface area contributed by atoms with Gasteiger partial charge in [-0.3, -0.25) is 14.8 Å². The fourth-order valence-electron chi connectivity index (χ4n) is 2.18. The molecule has 0 saturated heterocycles. The average Bonchev–Trinajstić information content (AvgIpc) is 3.08. The molecule has 0 unspecified atom stereocenters. The Morgan fingerprint density at radius 3 is 2.52 bits per heavy atom. The van der Waals surface area contributed by atoms with E-state index in [9.17, 15) is 13.2 Å². The molecule has 0 radical (unpaired) electrons. The molecule has 3 aromatic rings. The molecule has 0 saturated carbocycles. The Morgan fingerprint density at radius 2 is 1.81 bits per heavy atom. The van der Waals surface area contributed by atoms with Gasteiger partial charge in [0.25, 0.3) is 20.3 Å². The first-order valence-electron chi connectivity index (χ1n) is 7.76. The molecule has 7 nitrogen and oxygen atoms in total. The number of rotatable bonds is 5. The minimum absolute atomic E-state index is 0.0559. The number of carbonyl (C=O) groups excluding carboxylic acids is 1. The predicted molar refractivity (Wildman–Crippen MR) is 106 cm³/mol. The Balaban J connectivity index is 1.77. The van der Waals surface area contributed by atoms with E-state index in [1.807, 2.05) is 19.9 Å². The third-order valence-electron chi connectivity index (χ3n) is 3.73. The van der Waals surface area contributed by atoms with Gasteiger partial charge in [0, 0.05) is 5.69 Å². The molecule has 2 N–H and O–H groups in total. The molecule has 0 bridgehead atoms. The lowest BCUT2D eigenvalue weighted by Gasteiger charge is -2.07. The third kappa shape index (κ3) is 4.44. The highest BCUT2D eigenvalue weighted by Gasteiger charge is 2.22. The van der Waals surface area contributed by atoms with E-state index in [0.717, 1.165) is 22.5 Å². The zero-order valence-corrected chi connectivity index (χ0v) is 16.7. The highest BCUT2D eigenvalue weighted by molar-refractivity contribution is 7.94. The highest BCUT2D eigenvalue weighted by atomic mass is 35.5. The van der Waals surface area contributed by atoms with Crippen LogP contribution >= 0.6 is 22.9 Å². The number of hydrogen-bond donors (Lipinski definition) is 2. The quantitative estimate of drug-likeness (QED) is 0.608. The number of carbonyl (C=O) groups is 1. The Bertz CT molecular complexity index is 1110. The molecule has 0 fully saturated rings. The van der Waals surface area contributed by atoms with Crippen LogP contribution in [-0.2, 0) is 10.0 Å². The lowest BCUT2D eigenvalue weighted by Crippen LogP contribution is -2.13. The molecule has 0 aliphatic heterocycles. The van der Waals surface area contributed by atoms with E-state index < -0.39 is 15.9 Å². The van der Waals surface area contributed by atoms with Crippen LogP contribution < -0.4 is 10.0 Å². The first-order valence-corrected chi connectivity index (χ1v) is 10.4. The number of amides is 1. The van der Waals surface area contributed by atoms with E-state index in [4.69, 9.17) is 11.6 Å². The summed E-state index contributed by atoms with van der Waals surface area (Å²) in [6.45, 7) is 3.83. The van der Waals surface area contributed by atoms with E-state index in [0.29, 0.717) is 5.69 Å². The maximum Gasteiger partial charge on any atom is 0.291 e. The molecule has 0 atom stereocenters. The van der Waals surface area contributed by atoms with Crippen LogP contribution in [0.2, 0.25) is 5.02 Å². The largest absolute Gasteiger partial charge is 0.296 e. The van der Waals surface area contributed by atoms with E-state index in [1.54, 1.807) is 36.4 Å². The second-order valence-electron chi connectivity index (χ2n) is 5.71. The van der Waals surface area contributed by atoms with Crippen LogP contribution in [0.25, 0.3) is 0 Å². The number of aryl methyl sites for hydroxylation is 2. The Labute approximate surface area is 165 Å². The van der Waals surface area contributed by atoms with Crippen LogP contribution in [0.5, 0.6) is 0 Å². The molecule has 0 aliphatic carbocycles. The fraction of sp³-hybridized carbons (Fsp3) is 0.118. The van der Waals surface area contributed by atoms with Crippen molar-refractivity contribution in [1.29, 1.82) is 0 Å². The van der Waals surface area contributed by atoms with Crippen molar-refractivity contribution < 1.29 is 13.2 Å². The molecule has 1 aromatic heterocycles. The lowest BCUT2D eigenvalue weighted by atomic mass is 10.1. The summed E-state index contributed by atoms with van der Waals surface area (Å²) >= 11 is 6.73. The van der Waals surface area contributed by atoms with Gasteiger partial charge in [0.15, 0.2) is 0 Å². The molecule has 10 heteroatoms. The number of nitrogens with one attached hydrogen (secondary N) is 2. The van der Waals surface area contributed by atoms with Crippen LogP contribution in [0.15, 0.2) is 46.8 Å². The van der Waals surface area contributed by atoms with Gasteiger partial charge in [0.05, 0.1) is 10.6 Å². The van der Waals surface area contributed by atoms with Gasteiger partial charge in [-0.15, -0.1) is 10.2 Å². The van der Waals surface area contributed by atoms with Gasteiger partial charge in [-0.1, -0.05) is 41.1 Å². The maximum atomic E-state index is 12.5. The molecule has 0 aliphatic rings. The van der Waals surface area contributed by atoms with Crippen molar-refractivity contribution in [2.75, 3.05) is 10.0 Å². The van der Waals surface area contributed by atoms with Crippen molar-refractivity contribution in [2.45, 2.75) is 18.2 Å². The minimum Gasteiger partial charge on any atom is -0.296 e. The van der Waals surface area contributed by atoms with Gasteiger partial charge >= 0.3 is 0 Å². The highest BCUT2D eigenvalue weighted by Crippen LogP contribution is 2.24. The summed E-state index contributed by atoms with van der Waals surface area (Å²) in [6.07, 6.45) is 0. The molecule has 140 valence electrons. The fourth-order valence-corrected chi connectivity index (χ4v) is 4.35. The zero-order chi connectivity index (χ0) is 19.6. The molecular formula is C17H15ClN4O3S2. The van der Waals surface area contributed by atoms with Crippen molar-refractivity contribution in [3.05, 3.63) is 64.2 Å². The van der Waals surface area contributed by atoms with E-state index >= 15 is 0 Å². The number of benzene rings is 2. The molecule has 27 heavy (non-hydrogen) atoms. The number of nitrogens with zero attached hydrogens (tertiary/aromatic N) is 2. The van der Waals surface area contributed by atoms with Gasteiger partial charge in [0.1, 0.15) is 0 Å². The topological polar surface area (TPSA) is 101 Å². The third-order valence-corrected chi connectivity index (χ3v) is 6.65. The maximum absolute atomic E-state index is 12.5. The first-order chi connectivity index (χ1) is 12.8. The van der Waals surface area contributed by atoms with Crippen molar-refractivity contribution in [3.8, 4) is 0 Å². The summed E-state index contributed by atoms with van der Waals surface area (Å²) in [6, 6.07) is 11.7. The Morgan fingerprint density at radius 1 is 1.07 bits per heavy atom. The second kappa shape index (κ2) is 7.63. The second-order valence-corrected chi connectivity index (χ2v) is 8.95.